The first kappa shape index (κ1) is 35.8. The van der Waals surface area contributed by atoms with Crippen molar-refractivity contribution in [3.63, 3.8) is 0 Å². The van der Waals surface area contributed by atoms with Crippen LogP contribution in [0.25, 0.3) is 0 Å². The van der Waals surface area contributed by atoms with Gasteiger partial charge in [0.25, 0.3) is 0 Å². The fourth-order valence-corrected chi connectivity index (χ4v) is 6.73. The summed E-state index contributed by atoms with van der Waals surface area (Å²) in [6, 6.07) is 42.4. The third kappa shape index (κ3) is 9.01. The Bertz CT molecular complexity index is 1770. The summed E-state index contributed by atoms with van der Waals surface area (Å²) < 4.78 is 32.5. The number of aryl methyl sites for hydroxylation is 1. The van der Waals surface area contributed by atoms with Crippen LogP contribution in [0, 0.1) is 0 Å². The highest BCUT2D eigenvalue weighted by Crippen LogP contribution is 2.39. The summed E-state index contributed by atoms with van der Waals surface area (Å²) in [7, 11) is 1.70. The van der Waals surface area contributed by atoms with Crippen molar-refractivity contribution in [2.75, 3.05) is 13.7 Å². The molecule has 0 spiro atoms. The fourth-order valence-electron chi connectivity index (χ4n) is 6.55. The number of hydrogen-bond acceptors (Lipinski definition) is 6. The average Bonchev–Trinajstić information content (AvgIpc) is 3.17. The molecule has 1 heterocycles. The second kappa shape index (κ2) is 17.8. The summed E-state index contributed by atoms with van der Waals surface area (Å²) in [4.78, 5) is 0. The predicted octanol–water partition coefficient (Wildman–Crippen LogP) is 8.69. The Hall–Kier alpha value is -4.01. The maximum absolute atomic E-state index is 10.8. The molecule has 6 rings (SSSR count). The topological polar surface area (TPSA) is 66.4 Å². The summed E-state index contributed by atoms with van der Waals surface area (Å²) in [5.74, 6) is 0.880. The van der Waals surface area contributed by atoms with Crippen molar-refractivity contribution in [3.8, 4) is 5.75 Å². The minimum atomic E-state index is -0.672. The highest BCUT2D eigenvalue weighted by Gasteiger charge is 2.48. The smallest absolute Gasteiger partial charge is 0.122 e. The predicted molar refractivity (Wildman–Crippen MR) is 196 cm³/mol. The molecule has 0 saturated carbocycles. The summed E-state index contributed by atoms with van der Waals surface area (Å²) in [6.07, 6.45) is -1.52. The van der Waals surface area contributed by atoms with Gasteiger partial charge in [0.1, 0.15) is 36.3 Å². The van der Waals surface area contributed by atoms with Gasteiger partial charge < -0.3 is 28.8 Å². The lowest BCUT2D eigenvalue weighted by molar-refractivity contribution is -0.272. The zero-order valence-corrected chi connectivity index (χ0v) is 29.4. The van der Waals surface area contributed by atoms with Gasteiger partial charge in [0.15, 0.2) is 0 Å². The first-order chi connectivity index (χ1) is 24.6. The van der Waals surface area contributed by atoms with E-state index in [1.165, 1.54) is 0 Å². The van der Waals surface area contributed by atoms with E-state index >= 15 is 0 Å². The lowest BCUT2D eigenvalue weighted by Crippen LogP contribution is -2.58. The summed E-state index contributed by atoms with van der Waals surface area (Å²) >= 11 is 6.84. The summed E-state index contributed by atoms with van der Waals surface area (Å²) in [5.41, 5.74) is 7.21. The van der Waals surface area contributed by atoms with Crippen molar-refractivity contribution < 1.29 is 28.8 Å². The van der Waals surface area contributed by atoms with E-state index in [0.717, 1.165) is 51.1 Å². The summed E-state index contributed by atoms with van der Waals surface area (Å²) in [6.45, 7) is 2.89. The van der Waals surface area contributed by atoms with Crippen molar-refractivity contribution in [2.24, 2.45) is 0 Å². The molecule has 50 heavy (non-hydrogen) atoms. The van der Waals surface area contributed by atoms with Gasteiger partial charge in [-0.25, -0.2) is 0 Å². The zero-order valence-electron chi connectivity index (χ0n) is 28.6. The Morgan fingerprint density at radius 3 is 1.72 bits per heavy atom. The highest BCUT2D eigenvalue weighted by molar-refractivity contribution is 6.31. The lowest BCUT2D eigenvalue weighted by Gasteiger charge is -2.46. The number of ether oxygens (including phenoxy) is 5. The Morgan fingerprint density at radius 2 is 1.18 bits per heavy atom. The van der Waals surface area contributed by atoms with Crippen molar-refractivity contribution in [1.82, 2.24) is 0 Å². The third-order valence-corrected chi connectivity index (χ3v) is 9.56. The van der Waals surface area contributed by atoms with Gasteiger partial charge in [-0.1, -0.05) is 134 Å². The van der Waals surface area contributed by atoms with Crippen LogP contribution in [-0.4, -0.2) is 43.2 Å². The minimum Gasteiger partial charge on any atom is -0.496 e. The number of hydrogen-bond donors (Lipinski definition) is 1. The molecule has 0 radical (unpaired) electrons. The largest absolute Gasteiger partial charge is 0.496 e. The molecule has 5 atom stereocenters. The second-order valence-corrected chi connectivity index (χ2v) is 13.0. The number of benzene rings is 5. The fraction of sp³-hybridized carbons (Fsp3) is 0.302. The van der Waals surface area contributed by atoms with Crippen LogP contribution < -0.4 is 4.74 Å². The van der Waals surface area contributed by atoms with Crippen LogP contribution in [0.4, 0.5) is 0 Å². The molecule has 1 fully saturated rings. The van der Waals surface area contributed by atoms with Crippen LogP contribution in [0.15, 0.2) is 127 Å². The van der Waals surface area contributed by atoms with E-state index in [9.17, 15) is 5.11 Å². The molecule has 1 aliphatic rings. The van der Waals surface area contributed by atoms with E-state index in [1.54, 1.807) is 7.11 Å². The van der Waals surface area contributed by atoms with Gasteiger partial charge in [-0.05, 0) is 63.9 Å². The van der Waals surface area contributed by atoms with Crippen molar-refractivity contribution in [1.29, 1.82) is 0 Å². The molecule has 0 bridgehead atoms. The van der Waals surface area contributed by atoms with Gasteiger partial charge >= 0.3 is 0 Å². The van der Waals surface area contributed by atoms with Gasteiger partial charge in [-0.15, -0.1) is 0 Å². The van der Waals surface area contributed by atoms with Gasteiger partial charge in [0.05, 0.1) is 33.5 Å². The van der Waals surface area contributed by atoms with Crippen LogP contribution in [0.1, 0.15) is 52.0 Å². The maximum Gasteiger partial charge on any atom is 0.122 e. The van der Waals surface area contributed by atoms with Crippen LogP contribution in [0.3, 0.4) is 0 Å². The van der Waals surface area contributed by atoms with E-state index in [4.69, 9.17) is 35.3 Å². The minimum absolute atomic E-state index is 0.251. The molecule has 1 aliphatic heterocycles. The molecular formula is C43H45ClO6. The Morgan fingerprint density at radius 1 is 0.620 bits per heavy atom. The van der Waals surface area contributed by atoms with E-state index in [0.29, 0.717) is 31.3 Å². The van der Waals surface area contributed by atoms with Crippen molar-refractivity contribution in [3.05, 3.63) is 171 Å². The van der Waals surface area contributed by atoms with Crippen LogP contribution in [0.5, 0.6) is 5.75 Å². The number of methoxy groups -OCH3 is 1. The van der Waals surface area contributed by atoms with Crippen molar-refractivity contribution >= 4 is 11.6 Å². The molecular weight excluding hydrogens is 648 g/mol. The number of rotatable bonds is 15. The van der Waals surface area contributed by atoms with Crippen LogP contribution in [-0.2, 0) is 51.6 Å². The molecule has 260 valence electrons. The molecule has 0 aromatic heterocycles. The summed E-state index contributed by atoms with van der Waals surface area (Å²) in [5, 5.41) is 11.4. The Kier molecular flexibility index (Phi) is 12.7. The van der Waals surface area contributed by atoms with Crippen LogP contribution >= 0.6 is 11.6 Å². The number of aliphatic hydroxyl groups is 1. The van der Waals surface area contributed by atoms with Gasteiger partial charge in [-0.3, -0.25) is 0 Å². The molecule has 3 unspecified atom stereocenters. The molecule has 5 aromatic rings. The second-order valence-electron chi connectivity index (χ2n) is 12.6. The van der Waals surface area contributed by atoms with Crippen LogP contribution in [0.2, 0.25) is 5.02 Å². The SMILES string of the molecule is CCc1cc(Cc2cc(C3OC(CO)[C@@H](OCc4ccccc4)C(OCc4ccccc4)[C@H]3OCc3ccccc3)ccc2Cl)ccc1OC. The monoisotopic (exact) mass is 692 g/mol. The normalized spacial score (nSPS) is 20.4. The molecule has 6 nitrogen and oxygen atoms in total. The lowest BCUT2D eigenvalue weighted by atomic mass is 9.89. The molecule has 7 heteroatoms. The van der Waals surface area contributed by atoms with Gasteiger partial charge in [0.2, 0.25) is 0 Å². The first-order valence-electron chi connectivity index (χ1n) is 17.2. The molecule has 0 aliphatic carbocycles. The van der Waals surface area contributed by atoms with E-state index in [-0.39, 0.29) is 6.61 Å². The first-order valence-corrected chi connectivity index (χ1v) is 17.6. The Balaban J connectivity index is 1.36. The van der Waals surface area contributed by atoms with Gasteiger partial charge in [0, 0.05) is 5.02 Å². The standard InChI is InChI=1S/C43H45ClO6/c1-3-34-23-33(19-22-38(34)46-2)24-36-25-35(20-21-37(36)44)40-42(48-28-31-15-9-5-10-16-31)43(49-29-32-17-11-6-12-18-32)41(39(26-45)50-40)47-27-30-13-7-4-8-14-30/h4-23,25,39-43,45H,3,24,26-29H2,1-2H3/t39?,40?,41-,42+,43?/m1/s1. The molecule has 1 N–H and O–H groups in total. The van der Waals surface area contributed by atoms with E-state index in [1.807, 2.05) is 109 Å². The van der Waals surface area contributed by atoms with E-state index in [2.05, 4.69) is 25.1 Å². The number of aliphatic hydroxyl groups excluding tert-OH is 1. The van der Waals surface area contributed by atoms with Crippen molar-refractivity contribution in [2.45, 2.75) is 70.1 Å². The quantitative estimate of drug-likeness (QED) is 0.118. The molecule has 5 aromatic carbocycles. The molecule has 0 amide bonds. The highest BCUT2D eigenvalue weighted by atomic mass is 35.5. The zero-order chi connectivity index (χ0) is 34.7. The average molecular weight is 693 g/mol. The molecule has 1 saturated heterocycles. The Labute approximate surface area is 300 Å². The van der Waals surface area contributed by atoms with E-state index < -0.39 is 30.5 Å². The maximum atomic E-state index is 10.8. The van der Waals surface area contributed by atoms with Gasteiger partial charge in [-0.2, -0.15) is 0 Å². The third-order valence-electron chi connectivity index (χ3n) is 9.19. The number of halogens is 1.